The Labute approximate surface area is 181 Å². The van der Waals surface area contributed by atoms with Crippen LogP contribution < -0.4 is 16.2 Å². The van der Waals surface area contributed by atoms with Crippen LogP contribution >= 0.6 is 11.3 Å². The van der Waals surface area contributed by atoms with Gasteiger partial charge in [0.1, 0.15) is 12.2 Å². The van der Waals surface area contributed by atoms with E-state index in [9.17, 15) is 14.4 Å². The van der Waals surface area contributed by atoms with Crippen LogP contribution in [0.2, 0.25) is 0 Å². The molecule has 0 saturated carbocycles. The molecule has 2 amide bonds. The SMILES string of the molecule is Cc1ccc(NC(=O)c2ccc(=O)n(CC(=O)Nc3nc4ccc(C)cc4s3)n2)cc1. The van der Waals surface area contributed by atoms with E-state index in [1.165, 1.54) is 23.5 Å². The van der Waals surface area contributed by atoms with E-state index in [0.29, 0.717) is 10.8 Å². The van der Waals surface area contributed by atoms with Crippen molar-refractivity contribution < 1.29 is 9.59 Å². The molecular formula is C22H19N5O3S. The van der Waals surface area contributed by atoms with Gasteiger partial charge in [0.25, 0.3) is 11.5 Å². The molecule has 0 atom stereocenters. The smallest absolute Gasteiger partial charge is 0.276 e. The van der Waals surface area contributed by atoms with Gasteiger partial charge in [-0.2, -0.15) is 5.10 Å². The van der Waals surface area contributed by atoms with Crippen LogP contribution in [0.15, 0.2) is 59.4 Å². The Balaban J connectivity index is 1.47. The van der Waals surface area contributed by atoms with Crippen LogP contribution in [0.1, 0.15) is 21.6 Å². The Morgan fingerprint density at radius 1 is 0.968 bits per heavy atom. The normalized spacial score (nSPS) is 10.8. The molecule has 2 aromatic heterocycles. The number of carbonyl (C=O) groups is 2. The summed E-state index contributed by atoms with van der Waals surface area (Å²) in [6.07, 6.45) is 0. The van der Waals surface area contributed by atoms with Gasteiger partial charge in [-0.1, -0.05) is 35.1 Å². The maximum atomic E-state index is 12.5. The van der Waals surface area contributed by atoms with Gasteiger partial charge in [-0.15, -0.1) is 0 Å². The van der Waals surface area contributed by atoms with E-state index in [1.54, 1.807) is 12.1 Å². The lowest BCUT2D eigenvalue weighted by Crippen LogP contribution is -2.31. The summed E-state index contributed by atoms with van der Waals surface area (Å²) >= 11 is 1.35. The monoisotopic (exact) mass is 433 g/mol. The molecule has 0 aliphatic heterocycles. The number of thiazole rings is 1. The minimum Gasteiger partial charge on any atom is -0.321 e. The standard InChI is InChI=1S/C22H19N5O3S/c1-13-3-6-15(7-4-13)23-21(30)17-9-10-20(29)27(26-17)12-19(28)25-22-24-16-8-5-14(2)11-18(16)31-22/h3-11H,12H2,1-2H3,(H,23,30)(H,24,25,28). The Hall–Kier alpha value is -3.85. The minimum atomic E-state index is -0.484. The van der Waals surface area contributed by atoms with Gasteiger partial charge in [-0.25, -0.2) is 9.67 Å². The van der Waals surface area contributed by atoms with Gasteiger partial charge in [0.05, 0.1) is 10.2 Å². The van der Waals surface area contributed by atoms with Crippen molar-refractivity contribution in [2.45, 2.75) is 20.4 Å². The lowest BCUT2D eigenvalue weighted by Gasteiger charge is -2.08. The number of rotatable bonds is 5. The van der Waals surface area contributed by atoms with Crippen LogP contribution in [0, 0.1) is 13.8 Å². The number of nitrogens with zero attached hydrogens (tertiary/aromatic N) is 3. The van der Waals surface area contributed by atoms with E-state index < -0.39 is 17.4 Å². The molecule has 0 aliphatic rings. The molecule has 8 nitrogen and oxygen atoms in total. The Kier molecular flexibility index (Phi) is 5.59. The number of benzene rings is 2. The molecular weight excluding hydrogens is 414 g/mol. The number of aryl methyl sites for hydroxylation is 2. The fraction of sp³-hybridized carbons (Fsp3) is 0.136. The van der Waals surface area contributed by atoms with Gasteiger partial charge in [0, 0.05) is 11.8 Å². The first-order valence-electron chi connectivity index (χ1n) is 9.50. The van der Waals surface area contributed by atoms with E-state index in [4.69, 9.17) is 0 Å². The second-order valence-corrected chi connectivity index (χ2v) is 8.10. The molecule has 0 fully saturated rings. The lowest BCUT2D eigenvalue weighted by molar-refractivity contribution is -0.117. The minimum absolute atomic E-state index is 0.0310. The predicted molar refractivity (Wildman–Crippen MR) is 121 cm³/mol. The summed E-state index contributed by atoms with van der Waals surface area (Å²) in [7, 11) is 0. The van der Waals surface area contributed by atoms with Crippen molar-refractivity contribution in [3.8, 4) is 0 Å². The topological polar surface area (TPSA) is 106 Å². The number of anilines is 2. The highest BCUT2D eigenvalue weighted by molar-refractivity contribution is 7.22. The van der Waals surface area contributed by atoms with E-state index in [2.05, 4.69) is 20.7 Å². The summed E-state index contributed by atoms with van der Waals surface area (Å²) in [5.74, 6) is -0.930. The molecule has 2 N–H and O–H groups in total. The van der Waals surface area contributed by atoms with Gasteiger partial charge >= 0.3 is 0 Å². The maximum absolute atomic E-state index is 12.5. The zero-order chi connectivity index (χ0) is 22.0. The molecule has 0 spiro atoms. The van der Waals surface area contributed by atoms with Crippen molar-refractivity contribution in [1.82, 2.24) is 14.8 Å². The summed E-state index contributed by atoms with van der Waals surface area (Å²) < 4.78 is 1.91. The molecule has 4 rings (SSSR count). The van der Waals surface area contributed by atoms with Crippen molar-refractivity contribution in [3.05, 3.63) is 81.8 Å². The molecule has 0 saturated heterocycles. The van der Waals surface area contributed by atoms with Gasteiger partial charge in [-0.3, -0.25) is 14.4 Å². The summed E-state index contributed by atoms with van der Waals surface area (Å²) in [5.41, 5.74) is 3.12. The van der Waals surface area contributed by atoms with Crippen LogP contribution in [0.4, 0.5) is 10.8 Å². The Morgan fingerprint density at radius 2 is 1.71 bits per heavy atom. The van der Waals surface area contributed by atoms with Crippen molar-refractivity contribution in [1.29, 1.82) is 0 Å². The third-order valence-electron chi connectivity index (χ3n) is 4.49. The van der Waals surface area contributed by atoms with Crippen molar-refractivity contribution in [2.24, 2.45) is 0 Å². The number of amides is 2. The molecule has 0 bridgehead atoms. The first kappa shape index (κ1) is 20.4. The highest BCUT2D eigenvalue weighted by Crippen LogP contribution is 2.26. The third kappa shape index (κ3) is 4.84. The van der Waals surface area contributed by atoms with E-state index in [0.717, 1.165) is 26.0 Å². The first-order chi connectivity index (χ1) is 14.9. The van der Waals surface area contributed by atoms with E-state index in [1.807, 2.05) is 44.2 Å². The quantitative estimate of drug-likeness (QED) is 0.502. The second kappa shape index (κ2) is 8.49. The number of fused-ring (bicyclic) bond motifs is 1. The van der Waals surface area contributed by atoms with Gasteiger partial charge in [0.15, 0.2) is 5.13 Å². The van der Waals surface area contributed by atoms with Gasteiger partial charge in [-0.05, 0) is 49.7 Å². The average molecular weight is 433 g/mol. The Bertz CT molecular complexity index is 1340. The number of hydrogen-bond acceptors (Lipinski definition) is 6. The summed E-state index contributed by atoms with van der Waals surface area (Å²) in [5, 5.41) is 9.88. The number of carbonyl (C=O) groups excluding carboxylic acids is 2. The first-order valence-corrected chi connectivity index (χ1v) is 10.3. The van der Waals surface area contributed by atoms with Crippen LogP contribution in [-0.4, -0.2) is 26.6 Å². The lowest BCUT2D eigenvalue weighted by atomic mass is 10.2. The average Bonchev–Trinajstić information content (AvgIpc) is 3.12. The molecule has 2 aromatic carbocycles. The zero-order valence-electron chi connectivity index (χ0n) is 16.9. The zero-order valence-corrected chi connectivity index (χ0v) is 17.7. The van der Waals surface area contributed by atoms with Crippen LogP contribution in [0.25, 0.3) is 10.2 Å². The molecule has 9 heteroatoms. The summed E-state index contributed by atoms with van der Waals surface area (Å²) in [6.45, 7) is 3.60. The molecule has 156 valence electrons. The largest absolute Gasteiger partial charge is 0.321 e. The van der Waals surface area contributed by atoms with E-state index >= 15 is 0 Å². The molecule has 0 unspecified atom stereocenters. The number of nitrogens with one attached hydrogen (secondary N) is 2. The van der Waals surface area contributed by atoms with Crippen LogP contribution in [0.3, 0.4) is 0 Å². The number of aromatic nitrogens is 3. The third-order valence-corrected chi connectivity index (χ3v) is 5.43. The van der Waals surface area contributed by atoms with Gasteiger partial charge < -0.3 is 10.6 Å². The highest BCUT2D eigenvalue weighted by atomic mass is 32.1. The van der Waals surface area contributed by atoms with Crippen LogP contribution in [-0.2, 0) is 11.3 Å². The highest BCUT2D eigenvalue weighted by Gasteiger charge is 2.14. The summed E-state index contributed by atoms with van der Waals surface area (Å²) in [6, 6.07) is 15.7. The summed E-state index contributed by atoms with van der Waals surface area (Å²) in [4.78, 5) is 41.4. The van der Waals surface area contributed by atoms with Gasteiger partial charge in [0.2, 0.25) is 5.91 Å². The molecule has 31 heavy (non-hydrogen) atoms. The molecule has 0 aliphatic carbocycles. The molecule has 2 heterocycles. The number of hydrogen-bond donors (Lipinski definition) is 2. The van der Waals surface area contributed by atoms with Crippen molar-refractivity contribution >= 4 is 44.2 Å². The Morgan fingerprint density at radius 3 is 2.48 bits per heavy atom. The molecule has 4 aromatic rings. The van der Waals surface area contributed by atoms with Crippen molar-refractivity contribution in [3.63, 3.8) is 0 Å². The van der Waals surface area contributed by atoms with Crippen LogP contribution in [0.5, 0.6) is 0 Å². The predicted octanol–water partition coefficient (Wildman–Crippen LogP) is 3.36. The van der Waals surface area contributed by atoms with Crippen molar-refractivity contribution in [2.75, 3.05) is 10.6 Å². The molecule has 0 radical (unpaired) electrons. The second-order valence-electron chi connectivity index (χ2n) is 7.07. The fourth-order valence-corrected chi connectivity index (χ4v) is 3.88. The van der Waals surface area contributed by atoms with E-state index in [-0.39, 0.29) is 12.2 Å². The maximum Gasteiger partial charge on any atom is 0.276 e. The fourth-order valence-electron chi connectivity index (χ4n) is 2.90.